The second kappa shape index (κ2) is 34.7. The molecule has 21 aromatic rings. The lowest BCUT2D eigenvalue weighted by Crippen LogP contribution is -2.72. The van der Waals surface area contributed by atoms with Crippen LogP contribution in [0.3, 0.4) is 0 Å². The second-order valence-electron chi connectivity index (χ2n) is 35.6. The molecule has 18 aromatic carbocycles. The highest BCUT2D eigenvalue weighted by Crippen LogP contribution is 2.42. The zero-order valence-corrected chi connectivity index (χ0v) is 77.7. The van der Waals surface area contributed by atoms with E-state index in [4.69, 9.17) is 44.9 Å². The minimum Gasteiger partial charge on any atom is -0.208 e. The molecule has 632 valence electrons. The molecule has 0 saturated carbocycles. The van der Waals surface area contributed by atoms with E-state index in [9.17, 15) is 0 Å². The molecular weight excluding hydrogens is 1660 g/mol. The zero-order valence-electron chi connectivity index (χ0n) is 74.7. The van der Waals surface area contributed by atoms with E-state index >= 15 is 0 Å². The molecule has 9 nitrogen and oxygen atoms in total. The first kappa shape index (κ1) is 82.6. The molecule has 6 heterocycles. The van der Waals surface area contributed by atoms with Gasteiger partial charge in [-0.3, -0.25) is 0 Å². The van der Waals surface area contributed by atoms with E-state index in [0.29, 0.717) is 46.6 Å². The highest BCUT2D eigenvalue weighted by molar-refractivity contribution is 7.22. The molecule has 133 heavy (non-hydrogen) atoms. The van der Waals surface area contributed by atoms with Gasteiger partial charge in [0.1, 0.15) is 16.1 Å². The van der Waals surface area contributed by atoms with Crippen LogP contribution in [0.1, 0.15) is 11.1 Å². The Kier molecular flexibility index (Phi) is 21.6. The van der Waals surface area contributed by atoms with Crippen LogP contribution in [0.25, 0.3) is 180 Å². The molecule has 0 unspecified atom stereocenters. The van der Waals surface area contributed by atoms with E-state index in [1.165, 1.54) is 102 Å². The van der Waals surface area contributed by atoms with E-state index in [-0.39, 0.29) is 0 Å². The monoisotopic (exact) mass is 1750 g/mol. The van der Waals surface area contributed by atoms with E-state index in [0.717, 1.165) is 83.7 Å². The van der Waals surface area contributed by atoms with Gasteiger partial charge in [0.15, 0.2) is 60.5 Å². The molecule has 0 N–H and O–H groups in total. The number of fused-ring (bicyclic) bond motifs is 10. The summed E-state index contributed by atoms with van der Waals surface area (Å²) in [5.41, 5.74) is 26.2. The average Bonchev–Trinajstić information content (AvgIpc) is 1.53. The molecule has 12 heteroatoms. The Morgan fingerprint density at radius 3 is 1.01 bits per heavy atom. The number of aromatic nitrogens is 9. The van der Waals surface area contributed by atoms with Gasteiger partial charge < -0.3 is 0 Å². The Morgan fingerprint density at radius 2 is 0.489 bits per heavy atom. The summed E-state index contributed by atoms with van der Waals surface area (Å²) >= 11 is 0. The Labute approximate surface area is 779 Å². The topological polar surface area (TPSA) is 116 Å². The highest BCUT2D eigenvalue weighted by atomic mass is 28.3. The highest BCUT2D eigenvalue weighted by Gasteiger charge is 2.50. The van der Waals surface area contributed by atoms with Gasteiger partial charge in [0.2, 0.25) is 0 Å². The van der Waals surface area contributed by atoms with Crippen molar-refractivity contribution < 1.29 is 0 Å². The molecule has 0 amide bonds. The third kappa shape index (κ3) is 15.4. The maximum absolute atomic E-state index is 5.29. The Hall–Kier alpha value is -16.1. The number of benzene rings is 18. The van der Waals surface area contributed by atoms with Gasteiger partial charge in [-0.2, -0.15) is 0 Å². The summed E-state index contributed by atoms with van der Waals surface area (Å²) in [7, 11) is -6.61. The fourth-order valence-electron chi connectivity index (χ4n) is 20.0. The van der Waals surface area contributed by atoms with Gasteiger partial charge in [-0.1, -0.05) is 462 Å². The maximum Gasteiger partial charge on any atom is 0.180 e. The smallest absolute Gasteiger partial charge is 0.180 e. The Morgan fingerprint density at radius 1 is 0.165 bits per heavy atom. The lowest BCUT2D eigenvalue weighted by atomic mass is 9.99. The van der Waals surface area contributed by atoms with Crippen LogP contribution >= 0.6 is 0 Å². The van der Waals surface area contributed by atoms with Crippen LogP contribution in [-0.2, 0) is 0 Å². The first-order valence-corrected chi connectivity index (χ1v) is 53.5. The fraction of sp³-hybridized carbons (Fsp3) is 0.0496. The number of rotatable bonds is 14. The van der Waals surface area contributed by atoms with Gasteiger partial charge in [-0.05, 0) is 151 Å². The quantitative estimate of drug-likeness (QED) is 0.0981. The fourth-order valence-corrected chi connectivity index (χ4v) is 31.7. The maximum atomic E-state index is 5.29. The van der Waals surface area contributed by atoms with Crippen LogP contribution in [-0.4, -0.2) is 69.1 Å². The largest absolute Gasteiger partial charge is 0.208 e. The van der Waals surface area contributed by atoms with Gasteiger partial charge >= 0.3 is 0 Å². The van der Waals surface area contributed by atoms with E-state index in [1.54, 1.807) is 0 Å². The van der Waals surface area contributed by atoms with E-state index < -0.39 is 24.2 Å². The molecule has 3 aliphatic heterocycles. The zero-order chi connectivity index (χ0) is 89.7. The third-order valence-electron chi connectivity index (χ3n) is 26.6. The van der Waals surface area contributed by atoms with Gasteiger partial charge in [0, 0.05) is 50.1 Å². The first-order valence-electron chi connectivity index (χ1n) is 45.5. The molecule has 0 fully saturated rings. The van der Waals surface area contributed by atoms with Crippen LogP contribution < -0.4 is 41.5 Å². The lowest BCUT2D eigenvalue weighted by Gasteiger charge is -2.31. The molecule has 0 spiro atoms. The Balaban J connectivity index is 0.000000117. The molecule has 3 aromatic heterocycles. The minimum absolute atomic E-state index is 0.654. The normalized spacial score (nSPS) is 12.9. The molecule has 0 atom stereocenters. The van der Waals surface area contributed by atoms with Crippen molar-refractivity contribution in [2.75, 3.05) is 0 Å². The van der Waals surface area contributed by atoms with Gasteiger partial charge in [-0.15, -0.1) is 0 Å². The lowest BCUT2D eigenvalue weighted by molar-refractivity contribution is 1.07. The SMILES string of the molecule is C[Si]1(C)c2cc(-c3nc(-c4ccccc4)nc(-c4cccc(-c5ccccc5)c4)n3)ccc2-c2cc3ccccc3cc21.C[Si]1(C)c2ccccc2-c2cccc(-c3nc(-c4ccccc4)nc(-c4ccccc4-c4ccccc4)n3)c21.Cc1ccc([Si]2(c3ccc(C)cc3)c3ccccc3-c3c(-c4nc(-c5ccccc5)nc(-c5cccc(-c6ccccc6)c5)n4)cccc32)cc1. The van der Waals surface area contributed by atoms with E-state index in [1.807, 2.05) is 72.8 Å². The molecule has 0 saturated heterocycles. The molecule has 0 bridgehead atoms. The van der Waals surface area contributed by atoms with Gasteiger partial charge in [0.25, 0.3) is 0 Å². The van der Waals surface area contributed by atoms with Crippen molar-refractivity contribution in [1.29, 1.82) is 0 Å². The van der Waals surface area contributed by atoms with Crippen molar-refractivity contribution in [1.82, 2.24) is 44.9 Å². The van der Waals surface area contributed by atoms with Crippen LogP contribution in [0.4, 0.5) is 0 Å². The summed E-state index contributed by atoms with van der Waals surface area (Å²) in [6, 6.07) is 157. The predicted octanol–water partition coefficient (Wildman–Crippen LogP) is 24.4. The number of aryl methyl sites for hydroxylation is 2. The van der Waals surface area contributed by atoms with E-state index in [2.05, 4.69) is 410 Å². The van der Waals surface area contributed by atoms with Gasteiger partial charge in [0.05, 0.1) is 0 Å². The van der Waals surface area contributed by atoms with Crippen molar-refractivity contribution in [3.8, 4) is 169 Å². The third-order valence-corrected chi connectivity index (χ3v) is 38.6. The molecular formula is C121H91N9Si3. The Bertz CT molecular complexity index is 7950. The van der Waals surface area contributed by atoms with Crippen LogP contribution in [0.2, 0.25) is 26.2 Å². The molecule has 3 aliphatic rings. The van der Waals surface area contributed by atoms with Crippen molar-refractivity contribution in [3.63, 3.8) is 0 Å². The van der Waals surface area contributed by atoms with Crippen LogP contribution in [0, 0.1) is 13.8 Å². The van der Waals surface area contributed by atoms with Crippen molar-refractivity contribution >= 4 is 76.5 Å². The summed E-state index contributed by atoms with van der Waals surface area (Å²) in [5, 5.41) is 13.9. The van der Waals surface area contributed by atoms with Crippen LogP contribution in [0.15, 0.2) is 443 Å². The summed E-state index contributed by atoms with van der Waals surface area (Å²) in [6.07, 6.45) is 0. The van der Waals surface area contributed by atoms with Crippen molar-refractivity contribution in [3.05, 3.63) is 454 Å². The minimum atomic E-state index is -2.71. The summed E-state index contributed by atoms with van der Waals surface area (Å²) in [4.78, 5) is 46.1. The average molecular weight is 1760 g/mol. The number of hydrogen-bond acceptors (Lipinski definition) is 9. The van der Waals surface area contributed by atoms with Crippen LogP contribution in [0.5, 0.6) is 0 Å². The molecule has 24 rings (SSSR count). The van der Waals surface area contributed by atoms with Gasteiger partial charge in [-0.25, -0.2) is 44.9 Å². The number of nitrogens with zero attached hydrogens (tertiary/aromatic N) is 9. The van der Waals surface area contributed by atoms with Crippen molar-refractivity contribution in [2.45, 2.75) is 40.0 Å². The summed E-state index contributed by atoms with van der Waals surface area (Å²) in [5.74, 6) is 6.14. The number of hydrogen-bond donors (Lipinski definition) is 0. The molecule has 0 aliphatic carbocycles. The molecule has 0 radical (unpaired) electrons. The summed E-state index contributed by atoms with van der Waals surface area (Å²) < 4.78 is 0. The standard InChI is InChI=1S/C47H35N3Si.C39H29N3Si.C35H27N3Si/c1-32-23-27-38(28-24-32)51(39-29-25-33(2)26-30-39)42-21-10-9-19-40(42)44-41(20-12-22-43(44)51)47-49-45(35-15-7-4-8-16-35)48-46(50-47)37-18-11-17-36(31-37)34-13-5-3-6-14-34;1-43(2)35-25-32(20-21-33(35)34-23-29-16-9-10-17-30(29)24-36(34)43)39-41-37(27-14-7-4-8-15-27)40-38(42-39)31-19-11-18-28(22-31)26-12-5-3-6-13-26;1-39(2)31-23-12-11-19-27(31)28-21-13-22-30(32(28)39)35-37-33(25-16-7-4-8-17-25)36-34(38-35)29-20-10-9-18-26(29)24-14-5-3-6-15-24/h3-31H,1-2H3;3-25H,1-2H3;3-23H,1-2H3. The summed E-state index contributed by atoms with van der Waals surface area (Å²) in [6.45, 7) is 14.1. The predicted molar refractivity (Wildman–Crippen MR) is 559 cm³/mol. The first-order chi connectivity index (χ1) is 65.2. The van der Waals surface area contributed by atoms with Crippen molar-refractivity contribution in [2.24, 2.45) is 0 Å². The second-order valence-corrected chi connectivity index (χ2v) is 48.0.